The molecule has 0 spiro atoms. The molecule has 15 heavy (non-hydrogen) atoms. The Balaban J connectivity index is 2.60. The molecule has 0 saturated carbocycles. The molecule has 0 fully saturated rings. The number of halogens is 1. The second kappa shape index (κ2) is 5.66. The molecule has 2 unspecified atom stereocenters. The minimum Gasteiger partial charge on any atom is -0.307 e. The van der Waals surface area contributed by atoms with Crippen LogP contribution in [-0.2, 0) is 0 Å². The van der Waals surface area contributed by atoms with Gasteiger partial charge in [0.25, 0.3) is 0 Å². The Morgan fingerprint density at radius 3 is 2.80 bits per heavy atom. The summed E-state index contributed by atoms with van der Waals surface area (Å²) < 4.78 is 13.0. The molecular formula is C13H18FN. The predicted molar refractivity (Wildman–Crippen MR) is 62.2 cm³/mol. The Labute approximate surface area is 91.0 Å². The van der Waals surface area contributed by atoms with Crippen LogP contribution in [0.15, 0.2) is 36.9 Å². The van der Waals surface area contributed by atoms with Crippen LogP contribution in [0.3, 0.4) is 0 Å². The fourth-order valence-corrected chi connectivity index (χ4v) is 1.62. The van der Waals surface area contributed by atoms with Crippen LogP contribution in [0.5, 0.6) is 0 Å². The van der Waals surface area contributed by atoms with Crippen molar-refractivity contribution in [3.05, 3.63) is 48.3 Å². The third-order valence-corrected chi connectivity index (χ3v) is 2.40. The molecule has 1 N–H and O–H groups in total. The highest BCUT2D eigenvalue weighted by Gasteiger charge is 2.08. The summed E-state index contributed by atoms with van der Waals surface area (Å²) >= 11 is 0. The van der Waals surface area contributed by atoms with Crippen LogP contribution in [0, 0.1) is 5.82 Å². The van der Waals surface area contributed by atoms with Crippen molar-refractivity contribution >= 4 is 0 Å². The molecular weight excluding hydrogens is 189 g/mol. The third kappa shape index (κ3) is 3.84. The molecule has 82 valence electrons. The van der Waals surface area contributed by atoms with Gasteiger partial charge >= 0.3 is 0 Å². The maximum atomic E-state index is 13.0. The van der Waals surface area contributed by atoms with Gasteiger partial charge in [0.1, 0.15) is 5.82 Å². The molecule has 1 aromatic carbocycles. The van der Waals surface area contributed by atoms with E-state index >= 15 is 0 Å². The van der Waals surface area contributed by atoms with Crippen molar-refractivity contribution in [2.24, 2.45) is 0 Å². The standard InChI is InChI=1S/C13H18FN/c1-4-6-10(2)15-11(3)12-7-5-8-13(14)9-12/h4-5,7-11,15H,1,6H2,2-3H3. The van der Waals surface area contributed by atoms with Gasteiger partial charge in [-0.05, 0) is 38.0 Å². The lowest BCUT2D eigenvalue weighted by molar-refractivity contribution is 0.480. The van der Waals surface area contributed by atoms with E-state index in [4.69, 9.17) is 0 Å². The Bertz CT molecular complexity index is 322. The summed E-state index contributed by atoms with van der Waals surface area (Å²) in [6.45, 7) is 7.83. The van der Waals surface area contributed by atoms with Crippen LogP contribution in [-0.4, -0.2) is 6.04 Å². The Kier molecular flexibility index (Phi) is 4.50. The van der Waals surface area contributed by atoms with Crippen molar-refractivity contribution in [2.75, 3.05) is 0 Å². The van der Waals surface area contributed by atoms with Gasteiger partial charge in [-0.2, -0.15) is 0 Å². The van der Waals surface area contributed by atoms with E-state index in [0.717, 1.165) is 12.0 Å². The third-order valence-electron chi connectivity index (χ3n) is 2.40. The maximum absolute atomic E-state index is 13.0. The summed E-state index contributed by atoms with van der Waals surface area (Å²) in [5.74, 6) is -0.183. The molecule has 0 bridgehead atoms. The predicted octanol–water partition coefficient (Wildman–Crippen LogP) is 3.44. The molecule has 1 nitrogen and oxygen atoms in total. The smallest absolute Gasteiger partial charge is 0.123 e. The topological polar surface area (TPSA) is 12.0 Å². The summed E-state index contributed by atoms with van der Waals surface area (Å²) in [5, 5.41) is 3.39. The first kappa shape index (κ1) is 11.9. The zero-order valence-corrected chi connectivity index (χ0v) is 9.33. The maximum Gasteiger partial charge on any atom is 0.123 e. The number of benzene rings is 1. The van der Waals surface area contributed by atoms with Gasteiger partial charge in [-0.15, -0.1) is 6.58 Å². The average Bonchev–Trinajstić information content (AvgIpc) is 2.18. The first-order valence-electron chi connectivity index (χ1n) is 5.26. The van der Waals surface area contributed by atoms with Crippen LogP contribution in [0.1, 0.15) is 31.9 Å². The second-order valence-corrected chi connectivity index (χ2v) is 3.87. The number of nitrogens with one attached hydrogen (secondary N) is 1. The molecule has 1 aromatic rings. The van der Waals surface area contributed by atoms with Crippen molar-refractivity contribution in [2.45, 2.75) is 32.4 Å². The Hall–Kier alpha value is -1.15. The number of hydrogen-bond donors (Lipinski definition) is 1. The molecule has 0 radical (unpaired) electrons. The minimum absolute atomic E-state index is 0.163. The van der Waals surface area contributed by atoms with E-state index in [-0.39, 0.29) is 11.9 Å². The van der Waals surface area contributed by atoms with Crippen LogP contribution >= 0.6 is 0 Å². The molecule has 2 atom stereocenters. The lowest BCUT2D eigenvalue weighted by Gasteiger charge is -2.19. The first-order chi connectivity index (χ1) is 7.13. The van der Waals surface area contributed by atoms with Crippen molar-refractivity contribution < 1.29 is 4.39 Å². The highest BCUT2D eigenvalue weighted by molar-refractivity contribution is 5.19. The lowest BCUT2D eigenvalue weighted by Crippen LogP contribution is -2.28. The molecule has 0 aromatic heterocycles. The second-order valence-electron chi connectivity index (χ2n) is 3.87. The molecule has 0 aliphatic heterocycles. The van der Waals surface area contributed by atoms with Crippen LogP contribution in [0.4, 0.5) is 4.39 Å². The minimum atomic E-state index is -0.183. The van der Waals surface area contributed by atoms with Crippen molar-refractivity contribution in [1.82, 2.24) is 5.32 Å². The van der Waals surface area contributed by atoms with Crippen LogP contribution < -0.4 is 5.32 Å². The molecule has 0 heterocycles. The largest absolute Gasteiger partial charge is 0.307 e. The van der Waals surface area contributed by atoms with Gasteiger partial charge < -0.3 is 5.32 Å². The van der Waals surface area contributed by atoms with Crippen molar-refractivity contribution in [1.29, 1.82) is 0 Å². The first-order valence-corrected chi connectivity index (χ1v) is 5.26. The molecule has 0 aliphatic carbocycles. The van der Waals surface area contributed by atoms with Gasteiger partial charge in [-0.1, -0.05) is 18.2 Å². The quantitative estimate of drug-likeness (QED) is 0.729. The fourth-order valence-electron chi connectivity index (χ4n) is 1.62. The van der Waals surface area contributed by atoms with Gasteiger partial charge in [0, 0.05) is 12.1 Å². The van der Waals surface area contributed by atoms with E-state index < -0.39 is 0 Å². The molecule has 0 aliphatic rings. The molecule has 0 saturated heterocycles. The zero-order valence-electron chi connectivity index (χ0n) is 9.33. The van der Waals surface area contributed by atoms with E-state index in [1.807, 2.05) is 19.1 Å². The number of hydrogen-bond acceptors (Lipinski definition) is 1. The van der Waals surface area contributed by atoms with Gasteiger partial charge in [0.05, 0.1) is 0 Å². The fraction of sp³-hybridized carbons (Fsp3) is 0.385. The van der Waals surface area contributed by atoms with Gasteiger partial charge in [-0.3, -0.25) is 0 Å². The van der Waals surface area contributed by atoms with Crippen LogP contribution in [0.25, 0.3) is 0 Å². The zero-order chi connectivity index (χ0) is 11.3. The monoisotopic (exact) mass is 207 g/mol. The summed E-state index contributed by atoms with van der Waals surface area (Å²) in [6, 6.07) is 7.22. The molecule has 2 heteroatoms. The summed E-state index contributed by atoms with van der Waals surface area (Å²) in [5.41, 5.74) is 0.978. The van der Waals surface area contributed by atoms with E-state index in [1.54, 1.807) is 12.1 Å². The summed E-state index contributed by atoms with van der Waals surface area (Å²) in [6.07, 6.45) is 2.80. The highest BCUT2D eigenvalue weighted by atomic mass is 19.1. The van der Waals surface area contributed by atoms with E-state index in [9.17, 15) is 4.39 Å². The molecule has 1 rings (SSSR count). The summed E-state index contributed by atoms with van der Waals surface area (Å²) in [4.78, 5) is 0. The normalized spacial score (nSPS) is 14.6. The highest BCUT2D eigenvalue weighted by Crippen LogP contribution is 2.14. The van der Waals surface area contributed by atoms with E-state index in [0.29, 0.717) is 6.04 Å². The van der Waals surface area contributed by atoms with Crippen molar-refractivity contribution in [3.63, 3.8) is 0 Å². The van der Waals surface area contributed by atoms with E-state index in [2.05, 4.69) is 18.8 Å². The van der Waals surface area contributed by atoms with Gasteiger partial charge in [-0.25, -0.2) is 4.39 Å². The van der Waals surface area contributed by atoms with E-state index in [1.165, 1.54) is 6.07 Å². The van der Waals surface area contributed by atoms with Crippen molar-refractivity contribution in [3.8, 4) is 0 Å². The number of rotatable bonds is 5. The molecule has 0 amide bonds. The summed E-state index contributed by atoms with van der Waals surface area (Å²) in [7, 11) is 0. The van der Waals surface area contributed by atoms with Gasteiger partial charge in [0.15, 0.2) is 0 Å². The Morgan fingerprint density at radius 1 is 1.47 bits per heavy atom. The Morgan fingerprint density at radius 2 is 2.20 bits per heavy atom. The van der Waals surface area contributed by atoms with Gasteiger partial charge in [0.2, 0.25) is 0 Å². The average molecular weight is 207 g/mol. The SMILES string of the molecule is C=CCC(C)NC(C)c1cccc(F)c1. The lowest BCUT2D eigenvalue weighted by atomic mass is 10.1. The van der Waals surface area contributed by atoms with Crippen LogP contribution in [0.2, 0.25) is 0 Å².